The molecule has 6 nitrogen and oxygen atoms in total. The summed E-state index contributed by atoms with van der Waals surface area (Å²) >= 11 is 1.39. The normalized spacial score (nSPS) is 12.3. The van der Waals surface area contributed by atoms with E-state index in [-0.39, 0.29) is 16.6 Å². The molecule has 1 heterocycles. The van der Waals surface area contributed by atoms with Crippen molar-refractivity contribution < 1.29 is 9.53 Å². The second-order valence-corrected chi connectivity index (χ2v) is 10.2. The maximum absolute atomic E-state index is 12.7. The van der Waals surface area contributed by atoms with Gasteiger partial charge in [0, 0.05) is 18.7 Å². The highest BCUT2D eigenvalue weighted by atomic mass is 32.2. The molecule has 1 aromatic heterocycles. The highest BCUT2D eigenvalue weighted by Crippen LogP contribution is 2.29. The molecule has 33 heavy (non-hydrogen) atoms. The minimum absolute atomic E-state index is 0.0555. The van der Waals surface area contributed by atoms with Crippen LogP contribution in [-0.2, 0) is 23.3 Å². The second kappa shape index (κ2) is 10.7. The molecule has 1 unspecified atom stereocenters. The van der Waals surface area contributed by atoms with Crippen LogP contribution in [0.5, 0.6) is 5.75 Å². The van der Waals surface area contributed by atoms with Crippen molar-refractivity contribution in [2.24, 2.45) is 0 Å². The van der Waals surface area contributed by atoms with Crippen molar-refractivity contribution in [3.63, 3.8) is 0 Å². The number of rotatable bonds is 9. The van der Waals surface area contributed by atoms with E-state index in [2.05, 4.69) is 67.1 Å². The predicted octanol–water partition coefficient (Wildman–Crippen LogP) is 5.23. The van der Waals surface area contributed by atoms with Crippen LogP contribution in [0, 0.1) is 0 Å². The van der Waals surface area contributed by atoms with Crippen molar-refractivity contribution in [3.8, 4) is 17.1 Å². The number of carbonyl (C=O) groups excluding carboxylic acids is 1. The summed E-state index contributed by atoms with van der Waals surface area (Å²) in [6.07, 6.45) is 1.81. The third-order valence-corrected chi connectivity index (χ3v) is 6.40. The van der Waals surface area contributed by atoms with Gasteiger partial charge in [-0.15, -0.1) is 16.8 Å². The lowest BCUT2D eigenvalue weighted by Gasteiger charge is -2.19. The molecular formula is C26H32N4O2S. The Kier molecular flexibility index (Phi) is 7.97. The molecule has 0 fully saturated rings. The van der Waals surface area contributed by atoms with Gasteiger partial charge in [-0.05, 0) is 35.6 Å². The summed E-state index contributed by atoms with van der Waals surface area (Å²) in [6, 6.07) is 16.0. The molecule has 0 saturated heterocycles. The summed E-state index contributed by atoms with van der Waals surface area (Å²) in [6.45, 7) is 13.3. The van der Waals surface area contributed by atoms with Crippen molar-refractivity contribution in [1.82, 2.24) is 20.1 Å². The number of allylic oxidation sites excluding steroid dienone is 1. The highest BCUT2D eigenvalue weighted by Gasteiger charge is 2.21. The first-order valence-electron chi connectivity index (χ1n) is 10.9. The lowest BCUT2D eigenvalue weighted by atomic mass is 9.87. The minimum Gasteiger partial charge on any atom is -0.497 e. The third kappa shape index (κ3) is 6.26. The monoisotopic (exact) mass is 464 g/mol. The molecule has 1 N–H and O–H groups in total. The summed E-state index contributed by atoms with van der Waals surface area (Å²) in [5.74, 6) is 1.50. The van der Waals surface area contributed by atoms with Gasteiger partial charge in [0.05, 0.1) is 12.4 Å². The number of benzene rings is 2. The summed E-state index contributed by atoms with van der Waals surface area (Å²) in [7, 11) is 1.63. The van der Waals surface area contributed by atoms with E-state index >= 15 is 0 Å². The molecule has 1 amide bonds. The maximum atomic E-state index is 12.7. The fourth-order valence-corrected chi connectivity index (χ4v) is 4.17. The largest absolute Gasteiger partial charge is 0.497 e. The Bertz CT molecular complexity index is 1080. The van der Waals surface area contributed by atoms with Crippen LogP contribution in [0.25, 0.3) is 11.4 Å². The van der Waals surface area contributed by atoms with Crippen molar-refractivity contribution in [2.45, 2.75) is 56.6 Å². The van der Waals surface area contributed by atoms with Crippen molar-refractivity contribution >= 4 is 17.7 Å². The number of thioether (sulfide) groups is 1. The Morgan fingerprint density at radius 2 is 1.82 bits per heavy atom. The molecule has 7 heteroatoms. The summed E-state index contributed by atoms with van der Waals surface area (Å²) in [5.41, 5.74) is 3.35. The van der Waals surface area contributed by atoms with Crippen LogP contribution in [-0.4, -0.2) is 33.0 Å². The average molecular weight is 465 g/mol. The number of nitrogens with zero attached hydrogens (tertiary/aromatic N) is 3. The van der Waals surface area contributed by atoms with Crippen LogP contribution in [0.2, 0.25) is 0 Å². The molecule has 0 spiro atoms. The molecule has 0 bridgehead atoms. The molecule has 0 radical (unpaired) electrons. The van der Waals surface area contributed by atoms with Gasteiger partial charge in [-0.3, -0.25) is 9.36 Å². The zero-order chi connectivity index (χ0) is 24.0. The topological polar surface area (TPSA) is 69.0 Å². The van der Waals surface area contributed by atoms with Crippen LogP contribution in [0.3, 0.4) is 0 Å². The zero-order valence-electron chi connectivity index (χ0n) is 20.0. The fourth-order valence-electron chi connectivity index (χ4n) is 3.29. The van der Waals surface area contributed by atoms with Gasteiger partial charge in [-0.25, -0.2) is 0 Å². The number of methoxy groups -OCH3 is 1. The van der Waals surface area contributed by atoms with Gasteiger partial charge in [0.1, 0.15) is 5.75 Å². The van der Waals surface area contributed by atoms with E-state index in [0.717, 1.165) is 22.7 Å². The Hall–Kier alpha value is -3.06. The maximum Gasteiger partial charge on any atom is 0.233 e. The van der Waals surface area contributed by atoms with Gasteiger partial charge in [0.15, 0.2) is 11.0 Å². The lowest BCUT2D eigenvalue weighted by Crippen LogP contribution is -2.30. The summed E-state index contributed by atoms with van der Waals surface area (Å²) in [5, 5.41) is 12.1. The number of amides is 1. The number of carbonyl (C=O) groups is 1. The fraction of sp³-hybridized carbons (Fsp3) is 0.346. The molecule has 3 aromatic rings. The summed E-state index contributed by atoms with van der Waals surface area (Å²) in [4.78, 5) is 12.7. The van der Waals surface area contributed by atoms with E-state index in [1.165, 1.54) is 17.3 Å². The van der Waals surface area contributed by atoms with E-state index in [1.807, 2.05) is 41.8 Å². The molecule has 0 saturated carbocycles. The van der Waals surface area contributed by atoms with Crippen LogP contribution >= 0.6 is 11.8 Å². The number of nitrogens with one attached hydrogen (secondary N) is 1. The van der Waals surface area contributed by atoms with E-state index < -0.39 is 0 Å². The van der Waals surface area contributed by atoms with Gasteiger partial charge in [-0.2, -0.15) is 0 Å². The van der Waals surface area contributed by atoms with E-state index in [0.29, 0.717) is 18.2 Å². The zero-order valence-corrected chi connectivity index (χ0v) is 20.8. The Labute approximate surface area is 200 Å². The molecule has 0 aliphatic heterocycles. The van der Waals surface area contributed by atoms with E-state index in [9.17, 15) is 4.79 Å². The number of aromatic nitrogens is 3. The van der Waals surface area contributed by atoms with Crippen LogP contribution in [0.4, 0.5) is 0 Å². The van der Waals surface area contributed by atoms with Gasteiger partial charge in [0.2, 0.25) is 5.91 Å². The number of hydrogen-bond donors (Lipinski definition) is 1. The Morgan fingerprint density at radius 1 is 1.15 bits per heavy atom. The van der Waals surface area contributed by atoms with Crippen molar-refractivity contribution in [2.75, 3.05) is 7.11 Å². The third-order valence-electron chi connectivity index (χ3n) is 5.31. The number of ether oxygens (including phenoxy) is 1. The average Bonchev–Trinajstić information content (AvgIpc) is 3.19. The van der Waals surface area contributed by atoms with Crippen LogP contribution in [0.15, 0.2) is 66.3 Å². The molecule has 0 aliphatic carbocycles. The van der Waals surface area contributed by atoms with E-state index in [4.69, 9.17) is 4.74 Å². The molecule has 174 valence electrons. The van der Waals surface area contributed by atoms with Crippen molar-refractivity contribution in [1.29, 1.82) is 0 Å². The smallest absolute Gasteiger partial charge is 0.233 e. The molecular weight excluding hydrogens is 432 g/mol. The summed E-state index contributed by atoms with van der Waals surface area (Å²) < 4.78 is 7.17. The highest BCUT2D eigenvalue weighted by molar-refractivity contribution is 8.00. The molecule has 1 atom stereocenters. The first kappa shape index (κ1) is 24.6. The molecule has 0 aliphatic rings. The first-order valence-corrected chi connectivity index (χ1v) is 11.8. The van der Waals surface area contributed by atoms with Crippen molar-refractivity contribution in [3.05, 3.63) is 72.3 Å². The van der Waals surface area contributed by atoms with Crippen LogP contribution in [0.1, 0.15) is 38.8 Å². The van der Waals surface area contributed by atoms with Gasteiger partial charge < -0.3 is 10.1 Å². The van der Waals surface area contributed by atoms with Gasteiger partial charge in [-0.1, -0.05) is 75.0 Å². The second-order valence-electron chi connectivity index (χ2n) is 8.86. The molecule has 2 aromatic carbocycles. The first-order chi connectivity index (χ1) is 15.7. The number of hydrogen-bond acceptors (Lipinski definition) is 5. The van der Waals surface area contributed by atoms with Gasteiger partial charge >= 0.3 is 0 Å². The SMILES string of the molecule is C=CCn1c(SC(C)C(=O)NCc2ccc(OC)cc2)nnc1-c1ccc(C(C)(C)C)cc1. The molecule has 3 rings (SSSR count). The Morgan fingerprint density at radius 3 is 2.39 bits per heavy atom. The van der Waals surface area contributed by atoms with E-state index in [1.54, 1.807) is 7.11 Å². The van der Waals surface area contributed by atoms with Gasteiger partial charge in [0.25, 0.3) is 0 Å². The standard InChI is InChI=1S/C26H32N4O2S/c1-7-16-30-23(20-10-12-21(13-11-20)26(3,4)5)28-29-25(30)33-18(2)24(31)27-17-19-8-14-22(32-6)15-9-19/h7-15,18H,1,16-17H2,2-6H3,(H,27,31). The quantitative estimate of drug-likeness (QED) is 0.347. The van der Waals surface area contributed by atoms with Crippen LogP contribution < -0.4 is 10.1 Å². The predicted molar refractivity (Wildman–Crippen MR) is 135 cm³/mol. The minimum atomic E-state index is -0.327. The lowest BCUT2D eigenvalue weighted by molar-refractivity contribution is -0.120. The Balaban J connectivity index is 1.70.